The lowest BCUT2D eigenvalue weighted by molar-refractivity contribution is 0.0322. The van der Waals surface area contributed by atoms with Crippen LogP contribution < -0.4 is 0 Å². The first kappa shape index (κ1) is 13.5. The summed E-state index contributed by atoms with van der Waals surface area (Å²) in [5.74, 6) is 0. The summed E-state index contributed by atoms with van der Waals surface area (Å²) in [6.07, 6.45) is 5.61. The number of nitrogens with zero attached hydrogens (tertiary/aromatic N) is 4. The van der Waals surface area contributed by atoms with Crippen LogP contribution in [0.15, 0.2) is 0 Å². The first-order chi connectivity index (χ1) is 9.72. The molecule has 6 unspecified atom stereocenters. The van der Waals surface area contributed by atoms with Gasteiger partial charge in [0.15, 0.2) is 0 Å². The molecule has 6 aliphatic rings. The van der Waals surface area contributed by atoms with Crippen LogP contribution in [0, 0.1) is 0 Å². The molecule has 0 saturated carbocycles. The molecule has 0 aromatic heterocycles. The molecule has 0 aliphatic carbocycles. The van der Waals surface area contributed by atoms with Gasteiger partial charge < -0.3 is 9.80 Å². The van der Waals surface area contributed by atoms with Gasteiger partial charge in [0.1, 0.15) is 0 Å². The summed E-state index contributed by atoms with van der Waals surface area (Å²) in [5.41, 5.74) is 0. The summed E-state index contributed by atoms with van der Waals surface area (Å²) in [6.45, 7) is 7.81. The summed E-state index contributed by atoms with van der Waals surface area (Å²) < 4.78 is 0. The lowest BCUT2D eigenvalue weighted by Gasteiger charge is -2.47. The molecule has 0 radical (unpaired) electrons. The predicted molar refractivity (Wildman–Crippen MR) is 82.0 cm³/mol. The molecular formula is C16H30N4. The first-order valence-corrected chi connectivity index (χ1v) is 8.61. The van der Waals surface area contributed by atoms with E-state index in [0.717, 1.165) is 24.2 Å². The Kier molecular flexibility index (Phi) is 3.53. The van der Waals surface area contributed by atoms with E-state index in [4.69, 9.17) is 0 Å². The van der Waals surface area contributed by atoms with E-state index in [0.29, 0.717) is 0 Å². The Morgan fingerprint density at radius 1 is 0.600 bits per heavy atom. The van der Waals surface area contributed by atoms with Gasteiger partial charge in [-0.3, -0.25) is 9.80 Å². The Labute approximate surface area is 123 Å². The van der Waals surface area contributed by atoms with Crippen molar-refractivity contribution >= 4 is 0 Å². The third-order valence-electron chi connectivity index (χ3n) is 6.63. The van der Waals surface area contributed by atoms with Crippen molar-refractivity contribution in [3.8, 4) is 0 Å². The van der Waals surface area contributed by atoms with Gasteiger partial charge in [0, 0.05) is 63.4 Å². The standard InChI is InChI=1S/C16H30N4/c1-17-7-9-19-5-3-13(17)11-15(19)16-12-14-4-6-20(16)10-8-18(14)2/h13-16H,3-12H2,1-2H3. The highest BCUT2D eigenvalue weighted by Crippen LogP contribution is 2.34. The summed E-state index contributed by atoms with van der Waals surface area (Å²) in [4.78, 5) is 10.9. The highest BCUT2D eigenvalue weighted by Gasteiger charge is 2.44. The van der Waals surface area contributed by atoms with E-state index >= 15 is 0 Å². The van der Waals surface area contributed by atoms with E-state index < -0.39 is 0 Å². The molecule has 6 fully saturated rings. The van der Waals surface area contributed by atoms with Crippen LogP contribution in [0.3, 0.4) is 0 Å². The lowest BCUT2D eigenvalue weighted by Crippen LogP contribution is -2.58. The van der Waals surface area contributed by atoms with Gasteiger partial charge in [-0.15, -0.1) is 0 Å². The number of likely N-dealkylation sites (N-methyl/N-ethyl adjacent to an activating group) is 2. The number of fused-ring (bicyclic) bond motifs is 9. The Morgan fingerprint density at radius 2 is 1.05 bits per heavy atom. The van der Waals surface area contributed by atoms with Crippen LogP contribution >= 0.6 is 0 Å². The van der Waals surface area contributed by atoms with Crippen LogP contribution in [0.25, 0.3) is 0 Å². The number of hydrogen-bond donors (Lipinski definition) is 0. The lowest BCUT2D eigenvalue weighted by atomic mass is 9.85. The molecule has 0 N–H and O–H groups in total. The first-order valence-electron chi connectivity index (χ1n) is 8.61. The van der Waals surface area contributed by atoms with Crippen LogP contribution in [0.1, 0.15) is 25.7 Å². The minimum atomic E-state index is 0.827. The molecule has 4 heteroatoms. The Bertz CT molecular complexity index is 326. The van der Waals surface area contributed by atoms with Crippen molar-refractivity contribution in [1.29, 1.82) is 0 Å². The third-order valence-corrected chi connectivity index (χ3v) is 6.63. The fourth-order valence-corrected chi connectivity index (χ4v) is 5.15. The quantitative estimate of drug-likeness (QED) is 0.694. The van der Waals surface area contributed by atoms with Gasteiger partial charge in [-0.25, -0.2) is 0 Å². The summed E-state index contributed by atoms with van der Waals surface area (Å²) in [6, 6.07) is 3.35. The van der Waals surface area contributed by atoms with E-state index in [-0.39, 0.29) is 0 Å². The molecule has 0 aromatic rings. The van der Waals surface area contributed by atoms with Gasteiger partial charge in [-0.2, -0.15) is 0 Å². The second-order valence-corrected chi connectivity index (χ2v) is 7.52. The maximum atomic E-state index is 2.82. The Hall–Kier alpha value is -0.160. The van der Waals surface area contributed by atoms with Crippen molar-refractivity contribution in [1.82, 2.24) is 19.6 Å². The largest absolute Gasteiger partial charge is 0.302 e. The van der Waals surface area contributed by atoms with Crippen LogP contribution in [0.4, 0.5) is 0 Å². The number of rotatable bonds is 1. The minimum absolute atomic E-state index is 0.827. The molecule has 6 heterocycles. The molecule has 0 aromatic carbocycles. The molecule has 6 atom stereocenters. The molecule has 0 amide bonds. The molecule has 4 bridgehead atoms. The van der Waals surface area contributed by atoms with Gasteiger partial charge in [-0.05, 0) is 39.8 Å². The molecule has 6 rings (SSSR count). The average Bonchev–Trinajstić information content (AvgIpc) is 2.89. The van der Waals surface area contributed by atoms with Crippen molar-refractivity contribution in [2.45, 2.75) is 49.9 Å². The summed E-state index contributed by atoms with van der Waals surface area (Å²) in [5, 5.41) is 0. The molecule has 6 aliphatic heterocycles. The Balaban J connectivity index is 1.55. The van der Waals surface area contributed by atoms with Gasteiger partial charge in [0.05, 0.1) is 0 Å². The smallest absolute Gasteiger partial charge is 0.0267 e. The van der Waals surface area contributed by atoms with Crippen LogP contribution in [0.2, 0.25) is 0 Å². The Morgan fingerprint density at radius 3 is 1.50 bits per heavy atom. The maximum absolute atomic E-state index is 2.82. The van der Waals surface area contributed by atoms with Gasteiger partial charge in [0.2, 0.25) is 0 Å². The normalized spacial score (nSPS) is 50.1. The van der Waals surface area contributed by atoms with Crippen molar-refractivity contribution in [2.24, 2.45) is 0 Å². The maximum Gasteiger partial charge on any atom is 0.0267 e. The van der Waals surface area contributed by atoms with E-state index in [2.05, 4.69) is 33.7 Å². The zero-order valence-corrected chi connectivity index (χ0v) is 13.2. The zero-order chi connectivity index (χ0) is 13.7. The van der Waals surface area contributed by atoms with Crippen molar-refractivity contribution < 1.29 is 0 Å². The number of hydrogen-bond acceptors (Lipinski definition) is 4. The van der Waals surface area contributed by atoms with E-state index in [9.17, 15) is 0 Å². The second kappa shape index (κ2) is 5.24. The fraction of sp³-hybridized carbons (Fsp3) is 1.00. The second-order valence-electron chi connectivity index (χ2n) is 7.52. The summed E-state index contributed by atoms with van der Waals surface area (Å²) in [7, 11) is 4.67. The topological polar surface area (TPSA) is 13.0 Å². The van der Waals surface area contributed by atoms with Crippen LogP contribution in [-0.2, 0) is 0 Å². The monoisotopic (exact) mass is 278 g/mol. The molecule has 114 valence electrons. The molecule has 4 nitrogen and oxygen atoms in total. The average molecular weight is 278 g/mol. The van der Waals surface area contributed by atoms with Gasteiger partial charge in [0.25, 0.3) is 0 Å². The SMILES string of the molecule is CN1CCN2CCC1CC2C1CC2CCN1CCN2C. The third kappa shape index (κ3) is 2.21. The van der Waals surface area contributed by atoms with Crippen LogP contribution in [-0.4, -0.2) is 97.1 Å². The molecule has 20 heavy (non-hydrogen) atoms. The van der Waals surface area contributed by atoms with Crippen molar-refractivity contribution in [3.05, 3.63) is 0 Å². The van der Waals surface area contributed by atoms with Crippen LogP contribution in [0.5, 0.6) is 0 Å². The highest BCUT2D eigenvalue weighted by atomic mass is 15.3. The fourth-order valence-electron chi connectivity index (χ4n) is 5.15. The highest BCUT2D eigenvalue weighted by molar-refractivity contribution is 5.01. The van der Waals surface area contributed by atoms with Gasteiger partial charge in [-0.1, -0.05) is 0 Å². The van der Waals surface area contributed by atoms with E-state index in [1.165, 1.54) is 65.0 Å². The zero-order valence-electron chi connectivity index (χ0n) is 13.2. The van der Waals surface area contributed by atoms with Crippen molar-refractivity contribution in [3.63, 3.8) is 0 Å². The van der Waals surface area contributed by atoms with E-state index in [1.807, 2.05) is 0 Å². The minimum Gasteiger partial charge on any atom is -0.302 e. The summed E-state index contributed by atoms with van der Waals surface area (Å²) >= 11 is 0. The molecular weight excluding hydrogens is 248 g/mol. The van der Waals surface area contributed by atoms with Crippen molar-refractivity contribution in [2.75, 3.05) is 53.4 Å². The number of piperidine rings is 2. The predicted octanol–water partition coefficient (Wildman–Crippen LogP) is 0.543. The van der Waals surface area contributed by atoms with Gasteiger partial charge >= 0.3 is 0 Å². The molecule has 0 spiro atoms. The molecule has 6 saturated heterocycles. The van der Waals surface area contributed by atoms with E-state index in [1.54, 1.807) is 0 Å².